The van der Waals surface area contributed by atoms with Gasteiger partial charge in [0.05, 0.1) is 11.6 Å². The highest BCUT2D eigenvalue weighted by Gasteiger charge is 2.27. The van der Waals surface area contributed by atoms with E-state index in [-0.39, 0.29) is 17.8 Å². The van der Waals surface area contributed by atoms with E-state index in [4.69, 9.17) is 0 Å². The fourth-order valence-corrected chi connectivity index (χ4v) is 2.93. The molecule has 0 bridgehead atoms. The highest BCUT2D eigenvalue weighted by Crippen LogP contribution is 2.34. The molecule has 1 aromatic heterocycles. The first-order valence-corrected chi connectivity index (χ1v) is 7.07. The van der Waals surface area contributed by atoms with E-state index in [1.54, 1.807) is 31.3 Å². The number of pyridine rings is 1. The van der Waals surface area contributed by atoms with E-state index in [0.29, 0.717) is 17.7 Å². The number of nitrogens with zero attached hydrogens (tertiary/aromatic N) is 1. The van der Waals surface area contributed by atoms with Crippen LogP contribution in [0.25, 0.3) is 0 Å². The Morgan fingerprint density at radius 3 is 2.95 bits per heavy atom. The zero-order valence-corrected chi connectivity index (χ0v) is 12.1. The average molecular weight is 284 g/mol. The summed E-state index contributed by atoms with van der Waals surface area (Å²) in [5.41, 5.74) is 3.78. The van der Waals surface area contributed by atoms with Crippen LogP contribution < -0.4 is 5.32 Å². The Hall–Kier alpha value is -2.23. The molecule has 0 radical (unpaired) electrons. The number of hydrogen-bond acceptors (Lipinski definition) is 2. The molecule has 0 saturated carbocycles. The minimum absolute atomic E-state index is 0.124. The van der Waals surface area contributed by atoms with E-state index in [1.807, 2.05) is 13.0 Å². The molecular formula is C17H17FN2O. The van der Waals surface area contributed by atoms with Crippen LogP contribution in [0.15, 0.2) is 30.5 Å². The standard InChI is InChI=1S/C17H17FN2O/c1-10-8-14-13(15(18)9-10)5-6-16(14)20-17(21)12-4-3-7-19-11(12)2/h3-4,7-9,16H,5-6H2,1-2H3,(H,20,21)/t16-/m1/s1. The van der Waals surface area contributed by atoms with Gasteiger partial charge in [-0.2, -0.15) is 0 Å². The summed E-state index contributed by atoms with van der Waals surface area (Å²) in [6.07, 6.45) is 3.06. The summed E-state index contributed by atoms with van der Waals surface area (Å²) in [6, 6.07) is 6.89. The maximum Gasteiger partial charge on any atom is 0.253 e. The summed E-state index contributed by atoms with van der Waals surface area (Å²) in [5.74, 6) is -0.320. The average Bonchev–Trinajstić information content (AvgIpc) is 2.82. The summed E-state index contributed by atoms with van der Waals surface area (Å²) in [6.45, 7) is 3.67. The van der Waals surface area contributed by atoms with Gasteiger partial charge in [0.1, 0.15) is 5.82 Å². The molecule has 1 heterocycles. The number of halogens is 1. The zero-order chi connectivity index (χ0) is 15.0. The fourth-order valence-electron chi connectivity index (χ4n) is 2.93. The first-order valence-electron chi connectivity index (χ1n) is 7.07. The summed E-state index contributed by atoms with van der Waals surface area (Å²) in [5, 5.41) is 3.00. The highest BCUT2D eigenvalue weighted by molar-refractivity contribution is 5.95. The maximum atomic E-state index is 13.9. The second-order valence-electron chi connectivity index (χ2n) is 5.52. The molecule has 0 saturated heterocycles. The molecule has 21 heavy (non-hydrogen) atoms. The number of benzene rings is 1. The third-order valence-electron chi connectivity index (χ3n) is 3.99. The lowest BCUT2D eigenvalue weighted by atomic mass is 10.0. The van der Waals surface area contributed by atoms with Crippen LogP contribution in [0, 0.1) is 19.7 Å². The van der Waals surface area contributed by atoms with Gasteiger partial charge in [-0.3, -0.25) is 9.78 Å². The Morgan fingerprint density at radius 1 is 1.38 bits per heavy atom. The Balaban J connectivity index is 1.86. The van der Waals surface area contributed by atoms with Crippen molar-refractivity contribution in [3.8, 4) is 0 Å². The topological polar surface area (TPSA) is 42.0 Å². The predicted molar refractivity (Wildman–Crippen MR) is 78.6 cm³/mol. The lowest BCUT2D eigenvalue weighted by Crippen LogP contribution is -2.28. The van der Waals surface area contributed by atoms with Gasteiger partial charge in [0.15, 0.2) is 0 Å². The zero-order valence-electron chi connectivity index (χ0n) is 12.1. The Morgan fingerprint density at radius 2 is 2.19 bits per heavy atom. The Labute approximate surface area is 123 Å². The van der Waals surface area contributed by atoms with Crippen LogP contribution in [-0.2, 0) is 6.42 Å². The molecule has 0 fully saturated rings. The maximum absolute atomic E-state index is 13.9. The van der Waals surface area contributed by atoms with Crippen LogP contribution in [0.1, 0.15) is 45.2 Å². The Kier molecular flexibility index (Phi) is 3.45. The monoisotopic (exact) mass is 284 g/mol. The largest absolute Gasteiger partial charge is 0.345 e. The molecule has 0 unspecified atom stereocenters. The summed E-state index contributed by atoms with van der Waals surface area (Å²) >= 11 is 0. The number of rotatable bonds is 2. The lowest BCUT2D eigenvalue weighted by molar-refractivity contribution is 0.0935. The SMILES string of the molecule is Cc1cc(F)c2c(c1)[C@H](NC(=O)c1cccnc1C)CC2. The van der Waals surface area contributed by atoms with Crippen molar-refractivity contribution in [2.24, 2.45) is 0 Å². The molecule has 1 atom stereocenters. The third-order valence-corrected chi connectivity index (χ3v) is 3.99. The van der Waals surface area contributed by atoms with Crippen LogP contribution in [0.2, 0.25) is 0 Å². The number of aromatic nitrogens is 1. The molecular weight excluding hydrogens is 267 g/mol. The van der Waals surface area contributed by atoms with Crippen LogP contribution in [0.5, 0.6) is 0 Å². The van der Waals surface area contributed by atoms with E-state index in [1.165, 1.54) is 0 Å². The van der Waals surface area contributed by atoms with Crippen molar-refractivity contribution in [1.29, 1.82) is 0 Å². The lowest BCUT2D eigenvalue weighted by Gasteiger charge is -2.15. The minimum atomic E-state index is -0.167. The molecule has 1 N–H and O–H groups in total. The number of hydrogen-bond donors (Lipinski definition) is 1. The van der Waals surface area contributed by atoms with Gasteiger partial charge in [0.25, 0.3) is 5.91 Å². The first-order chi connectivity index (χ1) is 10.1. The van der Waals surface area contributed by atoms with Crippen molar-refractivity contribution in [1.82, 2.24) is 10.3 Å². The van der Waals surface area contributed by atoms with Crippen LogP contribution >= 0.6 is 0 Å². The van der Waals surface area contributed by atoms with Gasteiger partial charge in [-0.25, -0.2) is 4.39 Å². The molecule has 108 valence electrons. The molecule has 1 aliphatic rings. The van der Waals surface area contributed by atoms with Crippen LogP contribution in [0.4, 0.5) is 4.39 Å². The number of amides is 1. The molecule has 0 aliphatic heterocycles. The fraction of sp³-hybridized carbons (Fsp3) is 0.294. The van der Waals surface area contributed by atoms with E-state index in [9.17, 15) is 9.18 Å². The van der Waals surface area contributed by atoms with Gasteiger partial charge in [-0.15, -0.1) is 0 Å². The third kappa shape index (κ3) is 2.53. The van der Waals surface area contributed by atoms with E-state index in [0.717, 1.165) is 23.1 Å². The van der Waals surface area contributed by atoms with Crippen molar-refractivity contribution in [2.75, 3.05) is 0 Å². The smallest absolute Gasteiger partial charge is 0.253 e. The van der Waals surface area contributed by atoms with Crippen molar-refractivity contribution in [2.45, 2.75) is 32.7 Å². The highest BCUT2D eigenvalue weighted by atomic mass is 19.1. The quantitative estimate of drug-likeness (QED) is 0.919. The molecule has 0 spiro atoms. The molecule has 3 rings (SSSR count). The first kappa shape index (κ1) is 13.7. The van der Waals surface area contributed by atoms with Gasteiger partial charge < -0.3 is 5.32 Å². The number of aryl methyl sites for hydroxylation is 2. The molecule has 4 heteroatoms. The Bertz CT molecular complexity index is 712. The number of carbonyl (C=O) groups excluding carboxylic acids is 1. The molecule has 3 nitrogen and oxygen atoms in total. The molecule has 2 aromatic rings. The van der Waals surface area contributed by atoms with Crippen molar-refractivity contribution >= 4 is 5.91 Å². The van der Waals surface area contributed by atoms with E-state index < -0.39 is 0 Å². The predicted octanol–water partition coefficient (Wildman–Crippen LogP) is 3.25. The van der Waals surface area contributed by atoms with Gasteiger partial charge in [0, 0.05) is 11.9 Å². The van der Waals surface area contributed by atoms with Crippen molar-refractivity contribution in [3.63, 3.8) is 0 Å². The molecule has 1 aromatic carbocycles. The second kappa shape index (κ2) is 5.28. The van der Waals surface area contributed by atoms with Gasteiger partial charge in [-0.05, 0) is 61.6 Å². The van der Waals surface area contributed by atoms with Crippen molar-refractivity contribution < 1.29 is 9.18 Å². The number of nitrogens with one attached hydrogen (secondary N) is 1. The van der Waals surface area contributed by atoms with Gasteiger partial charge in [-0.1, -0.05) is 6.07 Å². The van der Waals surface area contributed by atoms with Crippen LogP contribution in [-0.4, -0.2) is 10.9 Å². The normalized spacial score (nSPS) is 16.6. The summed E-state index contributed by atoms with van der Waals surface area (Å²) in [4.78, 5) is 16.5. The van der Waals surface area contributed by atoms with Crippen LogP contribution in [0.3, 0.4) is 0 Å². The molecule has 1 amide bonds. The number of carbonyl (C=O) groups is 1. The van der Waals surface area contributed by atoms with E-state index in [2.05, 4.69) is 10.3 Å². The van der Waals surface area contributed by atoms with E-state index >= 15 is 0 Å². The van der Waals surface area contributed by atoms with Gasteiger partial charge >= 0.3 is 0 Å². The summed E-state index contributed by atoms with van der Waals surface area (Å²) in [7, 11) is 0. The summed E-state index contributed by atoms with van der Waals surface area (Å²) < 4.78 is 13.9. The van der Waals surface area contributed by atoms with Crippen molar-refractivity contribution in [3.05, 3.63) is 64.2 Å². The van der Waals surface area contributed by atoms with Gasteiger partial charge in [0.2, 0.25) is 0 Å². The minimum Gasteiger partial charge on any atom is -0.345 e. The number of fused-ring (bicyclic) bond motifs is 1. The molecule has 1 aliphatic carbocycles. The second-order valence-corrected chi connectivity index (χ2v) is 5.52.